The fraction of sp³-hybridized carbons (Fsp3) is 0.600. The van der Waals surface area contributed by atoms with Gasteiger partial charge in [0.05, 0.1) is 7.11 Å². The van der Waals surface area contributed by atoms with Crippen molar-refractivity contribution in [2.45, 2.75) is 32.1 Å². The molecule has 2 N–H and O–H groups in total. The largest absolute Gasteiger partial charge is 0.496 e. The van der Waals surface area contributed by atoms with Gasteiger partial charge in [0.25, 0.3) is 0 Å². The van der Waals surface area contributed by atoms with Crippen LogP contribution in [0.4, 0.5) is 0 Å². The standard InChI is InChI=1S/C15H24BrNO2/c1-15(2,11-17-8-4-5-9-18)13-10-12(16)6-7-14(13)19-3/h6-7,10,17-18H,4-5,8-9,11H2,1-3H3. The fourth-order valence-corrected chi connectivity index (χ4v) is 2.43. The molecular formula is C15H24BrNO2. The highest BCUT2D eigenvalue weighted by Gasteiger charge is 2.24. The molecule has 0 amide bonds. The van der Waals surface area contributed by atoms with Gasteiger partial charge in [0.1, 0.15) is 5.75 Å². The molecule has 0 bridgehead atoms. The molecule has 0 aliphatic rings. The SMILES string of the molecule is COc1ccc(Br)cc1C(C)(C)CNCCCCO. The van der Waals surface area contributed by atoms with E-state index in [0.717, 1.165) is 36.2 Å². The Bertz CT molecular complexity index is 394. The van der Waals surface area contributed by atoms with Crippen molar-refractivity contribution in [3.63, 3.8) is 0 Å². The van der Waals surface area contributed by atoms with Crippen LogP contribution in [-0.4, -0.2) is 31.9 Å². The third-order valence-corrected chi connectivity index (χ3v) is 3.71. The van der Waals surface area contributed by atoms with Gasteiger partial charge in [-0.3, -0.25) is 0 Å². The quantitative estimate of drug-likeness (QED) is 0.720. The van der Waals surface area contributed by atoms with E-state index in [2.05, 4.69) is 41.2 Å². The monoisotopic (exact) mass is 329 g/mol. The molecule has 1 aromatic rings. The third kappa shape index (κ3) is 5.13. The lowest BCUT2D eigenvalue weighted by molar-refractivity contribution is 0.283. The van der Waals surface area contributed by atoms with Gasteiger partial charge in [-0.2, -0.15) is 0 Å². The van der Waals surface area contributed by atoms with E-state index in [-0.39, 0.29) is 12.0 Å². The van der Waals surface area contributed by atoms with Crippen molar-refractivity contribution in [3.8, 4) is 5.75 Å². The highest BCUT2D eigenvalue weighted by molar-refractivity contribution is 9.10. The highest BCUT2D eigenvalue weighted by Crippen LogP contribution is 2.33. The maximum absolute atomic E-state index is 8.75. The number of hydrogen-bond donors (Lipinski definition) is 2. The van der Waals surface area contributed by atoms with Crippen molar-refractivity contribution in [1.29, 1.82) is 0 Å². The topological polar surface area (TPSA) is 41.5 Å². The first-order valence-corrected chi connectivity index (χ1v) is 7.46. The van der Waals surface area contributed by atoms with E-state index < -0.39 is 0 Å². The summed E-state index contributed by atoms with van der Waals surface area (Å²) >= 11 is 3.52. The van der Waals surface area contributed by atoms with Crippen LogP contribution in [-0.2, 0) is 5.41 Å². The summed E-state index contributed by atoms with van der Waals surface area (Å²) in [6.45, 7) is 6.49. The first-order chi connectivity index (χ1) is 9.01. The Labute approximate surface area is 124 Å². The Balaban J connectivity index is 2.67. The van der Waals surface area contributed by atoms with Crippen LogP contribution in [0.5, 0.6) is 5.75 Å². The average Bonchev–Trinajstić information content (AvgIpc) is 2.38. The summed E-state index contributed by atoms with van der Waals surface area (Å²) in [6.07, 6.45) is 1.86. The van der Waals surface area contributed by atoms with Gasteiger partial charge >= 0.3 is 0 Å². The molecule has 0 fully saturated rings. The lowest BCUT2D eigenvalue weighted by Gasteiger charge is -2.28. The second kappa shape index (κ2) is 7.88. The fourth-order valence-electron chi connectivity index (χ4n) is 2.07. The number of halogens is 1. The van der Waals surface area contributed by atoms with Crippen LogP contribution < -0.4 is 10.1 Å². The van der Waals surface area contributed by atoms with E-state index in [4.69, 9.17) is 9.84 Å². The van der Waals surface area contributed by atoms with Crippen LogP contribution in [0.15, 0.2) is 22.7 Å². The number of benzene rings is 1. The molecule has 19 heavy (non-hydrogen) atoms. The Morgan fingerprint density at radius 3 is 2.68 bits per heavy atom. The number of aliphatic hydroxyl groups is 1. The Hall–Kier alpha value is -0.580. The van der Waals surface area contributed by atoms with Gasteiger partial charge in [0.2, 0.25) is 0 Å². The van der Waals surface area contributed by atoms with E-state index >= 15 is 0 Å². The van der Waals surface area contributed by atoms with Gasteiger partial charge in [0.15, 0.2) is 0 Å². The van der Waals surface area contributed by atoms with E-state index in [1.807, 2.05) is 12.1 Å². The van der Waals surface area contributed by atoms with Gasteiger partial charge in [0, 0.05) is 28.6 Å². The third-order valence-electron chi connectivity index (χ3n) is 3.22. The minimum atomic E-state index is -0.00562. The van der Waals surface area contributed by atoms with Crippen LogP contribution in [0, 0.1) is 0 Å². The van der Waals surface area contributed by atoms with E-state index in [0.29, 0.717) is 0 Å². The molecule has 0 radical (unpaired) electrons. The number of methoxy groups -OCH3 is 1. The molecular weight excluding hydrogens is 306 g/mol. The van der Waals surface area contributed by atoms with E-state index in [1.165, 1.54) is 5.56 Å². The van der Waals surface area contributed by atoms with Gasteiger partial charge in [-0.25, -0.2) is 0 Å². The summed E-state index contributed by atoms with van der Waals surface area (Å²) in [5.74, 6) is 0.922. The maximum Gasteiger partial charge on any atom is 0.122 e. The minimum Gasteiger partial charge on any atom is -0.496 e. The second-order valence-corrected chi connectivity index (χ2v) is 6.25. The minimum absolute atomic E-state index is 0.00562. The van der Waals surface area contributed by atoms with Crippen LogP contribution in [0.3, 0.4) is 0 Å². The van der Waals surface area contributed by atoms with Crippen molar-refractivity contribution in [2.24, 2.45) is 0 Å². The molecule has 108 valence electrons. The molecule has 0 saturated carbocycles. The zero-order chi connectivity index (χ0) is 14.3. The number of nitrogens with one attached hydrogen (secondary N) is 1. The molecule has 0 saturated heterocycles. The summed E-state index contributed by atoms with van der Waals surface area (Å²) in [6, 6.07) is 6.11. The smallest absolute Gasteiger partial charge is 0.122 e. The highest BCUT2D eigenvalue weighted by atomic mass is 79.9. The average molecular weight is 330 g/mol. The maximum atomic E-state index is 8.75. The van der Waals surface area contributed by atoms with Crippen LogP contribution >= 0.6 is 15.9 Å². The Kier molecular flexibility index (Phi) is 6.83. The molecule has 0 spiro atoms. The summed E-state index contributed by atoms with van der Waals surface area (Å²) in [5.41, 5.74) is 1.19. The summed E-state index contributed by atoms with van der Waals surface area (Å²) in [7, 11) is 1.71. The molecule has 0 aromatic heterocycles. The van der Waals surface area contributed by atoms with Crippen LogP contribution in [0.2, 0.25) is 0 Å². The van der Waals surface area contributed by atoms with Crippen LogP contribution in [0.25, 0.3) is 0 Å². The number of aliphatic hydroxyl groups excluding tert-OH is 1. The molecule has 4 heteroatoms. The van der Waals surface area contributed by atoms with Gasteiger partial charge in [-0.15, -0.1) is 0 Å². The van der Waals surface area contributed by atoms with Crippen LogP contribution in [0.1, 0.15) is 32.3 Å². The van der Waals surface area contributed by atoms with Gasteiger partial charge < -0.3 is 15.2 Å². The summed E-state index contributed by atoms with van der Waals surface area (Å²) in [5, 5.41) is 12.2. The predicted molar refractivity (Wildman–Crippen MR) is 82.9 cm³/mol. The lowest BCUT2D eigenvalue weighted by atomic mass is 9.84. The first kappa shape index (κ1) is 16.5. The zero-order valence-electron chi connectivity index (χ0n) is 12.0. The number of rotatable bonds is 8. The molecule has 1 rings (SSSR count). The second-order valence-electron chi connectivity index (χ2n) is 5.34. The zero-order valence-corrected chi connectivity index (χ0v) is 13.6. The predicted octanol–water partition coefficient (Wildman–Crippen LogP) is 3.10. The van der Waals surface area contributed by atoms with Crippen molar-refractivity contribution in [3.05, 3.63) is 28.2 Å². The van der Waals surface area contributed by atoms with E-state index in [9.17, 15) is 0 Å². The van der Waals surface area contributed by atoms with E-state index in [1.54, 1.807) is 7.11 Å². The molecule has 0 aliphatic carbocycles. The number of hydrogen-bond acceptors (Lipinski definition) is 3. The van der Waals surface area contributed by atoms with Crippen molar-refractivity contribution in [2.75, 3.05) is 26.8 Å². The molecule has 1 aromatic carbocycles. The summed E-state index contributed by atoms with van der Waals surface area (Å²) < 4.78 is 6.52. The molecule has 0 aliphatic heterocycles. The normalized spacial score (nSPS) is 11.6. The first-order valence-electron chi connectivity index (χ1n) is 6.67. The molecule has 0 unspecified atom stereocenters. The lowest BCUT2D eigenvalue weighted by Crippen LogP contribution is -2.34. The van der Waals surface area contributed by atoms with Crippen molar-refractivity contribution < 1.29 is 9.84 Å². The van der Waals surface area contributed by atoms with Gasteiger partial charge in [-0.05, 0) is 37.6 Å². The van der Waals surface area contributed by atoms with Crippen molar-refractivity contribution in [1.82, 2.24) is 5.32 Å². The number of ether oxygens (including phenoxy) is 1. The summed E-state index contributed by atoms with van der Waals surface area (Å²) in [4.78, 5) is 0. The van der Waals surface area contributed by atoms with Crippen molar-refractivity contribution >= 4 is 15.9 Å². The Morgan fingerprint density at radius 2 is 2.05 bits per heavy atom. The molecule has 0 atom stereocenters. The van der Waals surface area contributed by atoms with Gasteiger partial charge in [-0.1, -0.05) is 29.8 Å². The Morgan fingerprint density at radius 1 is 1.32 bits per heavy atom. The molecule has 0 heterocycles. The number of unbranched alkanes of at least 4 members (excludes halogenated alkanes) is 1. The molecule has 3 nitrogen and oxygen atoms in total.